The molecule has 66 valence electrons. The van der Waals surface area contributed by atoms with Crippen LogP contribution in [-0.4, -0.2) is 6.67 Å². The molecule has 0 aliphatic carbocycles. The third-order valence-electron chi connectivity index (χ3n) is 2.35. The summed E-state index contributed by atoms with van der Waals surface area (Å²) in [5, 5.41) is 3.12. The molecule has 0 aliphatic heterocycles. The molecular formula is C10H16N2. The lowest BCUT2D eigenvalue weighted by molar-refractivity contribution is 1.13. The molecule has 0 aromatic heterocycles. The van der Waals surface area contributed by atoms with Crippen molar-refractivity contribution >= 4 is 5.69 Å². The van der Waals surface area contributed by atoms with Gasteiger partial charge in [0.1, 0.15) is 0 Å². The maximum atomic E-state index is 5.41. The summed E-state index contributed by atoms with van der Waals surface area (Å²) < 4.78 is 0. The molecule has 0 aliphatic rings. The number of hydrogen-bond donors (Lipinski definition) is 2. The quantitative estimate of drug-likeness (QED) is 0.655. The lowest BCUT2D eigenvalue weighted by Crippen LogP contribution is -2.12. The SMILES string of the molecule is Cc1ccc(NCN)c(C)c1C. The van der Waals surface area contributed by atoms with Crippen molar-refractivity contribution in [2.24, 2.45) is 5.73 Å². The van der Waals surface area contributed by atoms with Crippen molar-refractivity contribution < 1.29 is 0 Å². The van der Waals surface area contributed by atoms with Gasteiger partial charge in [-0.25, -0.2) is 0 Å². The van der Waals surface area contributed by atoms with Crippen LogP contribution in [0.3, 0.4) is 0 Å². The fraction of sp³-hybridized carbons (Fsp3) is 0.400. The molecule has 2 heteroatoms. The minimum atomic E-state index is 0.489. The van der Waals surface area contributed by atoms with Crippen LogP contribution in [-0.2, 0) is 0 Å². The number of hydrogen-bond acceptors (Lipinski definition) is 2. The first-order valence-corrected chi connectivity index (χ1v) is 4.17. The van der Waals surface area contributed by atoms with E-state index >= 15 is 0 Å². The van der Waals surface area contributed by atoms with Gasteiger partial charge in [0.05, 0.1) is 6.67 Å². The van der Waals surface area contributed by atoms with Crippen molar-refractivity contribution in [2.45, 2.75) is 20.8 Å². The summed E-state index contributed by atoms with van der Waals surface area (Å²) in [6, 6.07) is 4.19. The molecule has 0 saturated carbocycles. The van der Waals surface area contributed by atoms with Gasteiger partial charge in [0.15, 0.2) is 0 Å². The number of anilines is 1. The Morgan fingerprint density at radius 1 is 1.17 bits per heavy atom. The molecule has 3 N–H and O–H groups in total. The van der Waals surface area contributed by atoms with Crippen molar-refractivity contribution in [3.05, 3.63) is 28.8 Å². The number of benzene rings is 1. The van der Waals surface area contributed by atoms with E-state index in [2.05, 4.69) is 38.2 Å². The predicted octanol–water partition coefficient (Wildman–Crippen LogP) is 1.94. The molecule has 0 radical (unpaired) electrons. The number of nitrogens with two attached hydrogens (primary N) is 1. The average Bonchev–Trinajstić information content (AvgIpc) is 2.07. The Morgan fingerprint density at radius 2 is 1.83 bits per heavy atom. The molecule has 0 saturated heterocycles. The molecule has 0 unspecified atom stereocenters. The lowest BCUT2D eigenvalue weighted by atomic mass is 10.0. The first kappa shape index (κ1) is 9.07. The number of aryl methyl sites for hydroxylation is 1. The topological polar surface area (TPSA) is 38.0 Å². The van der Waals surface area contributed by atoms with Gasteiger partial charge in [0.2, 0.25) is 0 Å². The zero-order valence-corrected chi connectivity index (χ0v) is 7.94. The van der Waals surface area contributed by atoms with E-state index in [0.717, 1.165) is 5.69 Å². The van der Waals surface area contributed by atoms with E-state index in [9.17, 15) is 0 Å². The van der Waals surface area contributed by atoms with Crippen LogP contribution in [0.2, 0.25) is 0 Å². The lowest BCUT2D eigenvalue weighted by Gasteiger charge is -2.11. The van der Waals surface area contributed by atoms with E-state index in [4.69, 9.17) is 5.73 Å². The third kappa shape index (κ3) is 1.59. The molecule has 1 rings (SSSR count). The summed E-state index contributed by atoms with van der Waals surface area (Å²) in [5.74, 6) is 0. The second-order valence-electron chi connectivity index (χ2n) is 3.06. The molecule has 0 spiro atoms. The smallest absolute Gasteiger partial charge is 0.0628 e. The number of rotatable bonds is 2. The molecule has 0 heterocycles. The highest BCUT2D eigenvalue weighted by molar-refractivity contribution is 5.55. The molecule has 0 bridgehead atoms. The molecule has 0 amide bonds. The summed E-state index contributed by atoms with van der Waals surface area (Å²) >= 11 is 0. The normalized spacial score (nSPS) is 10.0. The molecular weight excluding hydrogens is 148 g/mol. The summed E-state index contributed by atoms with van der Waals surface area (Å²) in [6.07, 6.45) is 0. The maximum absolute atomic E-state index is 5.41. The van der Waals surface area contributed by atoms with Gasteiger partial charge in [-0.05, 0) is 43.5 Å². The third-order valence-corrected chi connectivity index (χ3v) is 2.35. The van der Waals surface area contributed by atoms with Crippen molar-refractivity contribution in [1.29, 1.82) is 0 Å². The van der Waals surface area contributed by atoms with Crippen LogP contribution in [0.25, 0.3) is 0 Å². The average molecular weight is 164 g/mol. The van der Waals surface area contributed by atoms with Gasteiger partial charge in [0, 0.05) is 5.69 Å². The van der Waals surface area contributed by atoms with Crippen molar-refractivity contribution in [1.82, 2.24) is 0 Å². The Labute approximate surface area is 73.8 Å². The van der Waals surface area contributed by atoms with Gasteiger partial charge in [-0.1, -0.05) is 6.07 Å². The highest BCUT2D eigenvalue weighted by atomic mass is 15.0. The minimum Gasteiger partial charge on any atom is -0.372 e. The van der Waals surface area contributed by atoms with Crippen molar-refractivity contribution in [2.75, 3.05) is 12.0 Å². The predicted molar refractivity (Wildman–Crippen MR) is 53.3 cm³/mol. The van der Waals surface area contributed by atoms with Crippen molar-refractivity contribution in [3.8, 4) is 0 Å². The summed E-state index contributed by atoms with van der Waals surface area (Å²) in [4.78, 5) is 0. The van der Waals surface area contributed by atoms with Crippen LogP contribution < -0.4 is 11.1 Å². The van der Waals surface area contributed by atoms with E-state index in [1.54, 1.807) is 0 Å². The Morgan fingerprint density at radius 3 is 2.42 bits per heavy atom. The van der Waals surface area contributed by atoms with Crippen LogP contribution in [0.15, 0.2) is 12.1 Å². The second kappa shape index (κ2) is 3.59. The largest absolute Gasteiger partial charge is 0.372 e. The Kier molecular flexibility index (Phi) is 2.71. The van der Waals surface area contributed by atoms with E-state index in [-0.39, 0.29) is 0 Å². The van der Waals surface area contributed by atoms with Crippen LogP contribution in [0.4, 0.5) is 5.69 Å². The van der Waals surface area contributed by atoms with Gasteiger partial charge >= 0.3 is 0 Å². The molecule has 2 nitrogen and oxygen atoms in total. The first-order chi connectivity index (χ1) is 5.66. The Bertz CT molecular complexity index is 279. The molecule has 0 fully saturated rings. The van der Waals surface area contributed by atoms with E-state index in [0.29, 0.717) is 6.67 Å². The monoisotopic (exact) mass is 164 g/mol. The van der Waals surface area contributed by atoms with Gasteiger partial charge in [0.25, 0.3) is 0 Å². The second-order valence-corrected chi connectivity index (χ2v) is 3.06. The van der Waals surface area contributed by atoms with Crippen LogP contribution in [0.1, 0.15) is 16.7 Å². The van der Waals surface area contributed by atoms with Crippen LogP contribution in [0, 0.1) is 20.8 Å². The van der Waals surface area contributed by atoms with Crippen LogP contribution >= 0.6 is 0 Å². The number of nitrogens with one attached hydrogen (secondary N) is 1. The molecule has 12 heavy (non-hydrogen) atoms. The molecule has 0 atom stereocenters. The first-order valence-electron chi connectivity index (χ1n) is 4.17. The van der Waals surface area contributed by atoms with Gasteiger partial charge in [-0.2, -0.15) is 0 Å². The maximum Gasteiger partial charge on any atom is 0.0628 e. The minimum absolute atomic E-state index is 0.489. The molecule has 1 aromatic rings. The zero-order chi connectivity index (χ0) is 9.14. The highest BCUT2D eigenvalue weighted by Gasteiger charge is 2.01. The van der Waals surface area contributed by atoms with E-state index < -0.39 is 0 Å². The van der Waals surface area contributed by atoms with E-state index in [1.807, 2.05) is 0 Å². The zero-order valence-electron chi connectivity index (χ0n) is 7.94. The Hall–Kier alpha value is -1.02. The highest BCUT2D eigenvalue weighted by Crippen LogP contribution is 2.20. The fourth-order valence-electron chi connectivity index (χ4n) is 1.26. The Balaban J connectivity index is 3.08. The van der Waals surface area contributed by atoms with Gasteiger partial charge < -0.3 is 11.1 Å². The standard InChI is InChI=1S/C10H16N2/c1-7-4-5-10(12-6-11)9(3)8(7)2/h4-5,12H,6,11H2,1-3H3. The molecule has 1 aromatic carbocycles. The van der Waals surface area contributed by atoms with Gasteiger partial charge in [-0.15, -0.1) is 0 Å². The summed E-state index contributed by atoms with van der Waals surface area (Å²) in [5.41, 5.74) is 10.5. The summed E-state index contributed by atoms with van der Waals surface area (Å²) in [7, 11) is 0. The fourth-order valence-corrected chi connectivity index (χ4v) is 1.26. The van der Waals surface area contributed by atoms with Gasteiger partial charge in [-0.3, -0.25) is 0 Å². The van der Waals surface area contributed by atoms with E-state index in [1.165, 1.54) is 16.7 Å². The van der Waals surface area contributed by atoms with Crippen molar-refractivity contribution in [3.63, 3.8) is 0 Å². The summed E-state index contributed by atoms with van der Waals surface area (Å²) in [6.45, 7) is 6.85. The van der Waals surface area contributed by atoms with Crippen LogP contribution in [0.5, 0.6) is 0 Å².